The van der Waals surface area contributed by atoms with Gasteiger partial charge in [-0.05, 0) is 7.05 Å². The molecule has 0 saturated carbocycles. The van der Waals surface area contributed by atoms with Gasteiger partial charge in [0.15, 0.2) is 0 Å². The monoisotopic (exact) mass is 81.1 g/mol. The van der Waals surface area contributed by atoms with Gasteiger partial charge in [-0.1, -0.05) is 0 Å². The van der Waals surface area contributed by atoms with Crippen molar-refractivity contribution in [3.05, 3.63) is 7.05 Å². The average Bonchev–Trinajstić information content (AvgIpc) is 1.38. The first-order valence-corrected chi connectivity index (χ1v) is 1.40. The first-order valence-electron chi connectivity index (χ1n) is 1.40. The van der Waals surface area contributed by atoms with Gasteiger partial charge in [0.1, 0.15) is 0 Å². The Labute approximate surface area is 50.3 Å². The van der Waals surface area contributed by atoms with E-state index in [0.717, 1.165) is 0 Å². The maximum absolute atomic E-state index is 8.01. The fourth-order valence-electron chi connectivity index (χ4n) is 0. The molecule has 0 aromatic rings. The van der Waals surface area contributed by atoms with Crippen molar-refractivity contribution >= 4 is 0 Å². The molecule has 3 heteroatoms. The minimum Gasteiger partial charge on any atom is -0.440 e. The van der Waals surface area contributed by atoms with Gasteiger partial charge < -0.3 is 10.0 Å². The van der Waals surface area contributed by atoms with Crippen LogP contribution in [0.3, 0.4) is 0 Å². The van der Waals surface area contributed by atoms with Gasteiger partial charge >= 0.3 is 18.9 Å². The van der Waals surface area contributed by atoms with Crippen LogP contribution in [-0.4, -0.2) is 23.8 Å². The van der Waals surface area contributed by atoms with E-state index in [4.69, 9.17) is 5.11 Å². The summed E-state index contributed by atoms with van der Waals surface area (Å²) >= 11 is 0. The molecule has 6 heavy (non-hydrogen) atoms. The standard InChI is InChI=1S/C3H8NO.Li/c1-4(2)3-5;/h5H,1,3H2,2H3;/q-1;+1. The molecule has 0 aliphatic carbocycles. The van der Waals surface area contributed by atoms with Crippen LogP contribution in [0.4, 0.5) is 0 Å². The number of aliphatic hydroxyl groups excluding tert-OH is 1. The normalized spacial score (nSPS) is 8.00. The van der Waals surface area contributed by atoms with Gasteiger partial charge in [0.05, 0.1) is 6.73 Å². The minimum absolute atomic E-state index is 0. The molecule has 0 aliphatic rings. The van der Waals surface area contributed by atoms with Crippen LogP contribution in [0.2, 0.25) is 0 Å². The van der Waals surface area contributed by atoms with E-state index in [1.165, 1.54) is 4.90 Å². The Kier molecular flexibility index (Phi) is 8.94. The van der Waals surface area contributed by atoms with E-state index in [9.17, 15) is 0 Å². The zero-order chi connectivity index (χ0) is 4.28. The molecule has 0 amide bonds. The van der Waals surface area contributed by atoms with Crippen molar-refractivity contribution in [3.63, 3.8) is 0 Å². The molecule has 0 rings (SSSR count). The van der Waals surface area contributed by atoms with Crippen LogP contribution in [-0.2, 0) is 0 Å². The summed E-state index contributed by atoms with van der Waals surface area (Å²) in [5, 5.41) is 8.01. The maximum Gasteiger partial charge on any atom is 1.00 e. The summed E-state index contributed by atoms with van der Waals surface area (Å²) in [5.41, 5.74) is 0. The summed E-state index contributed by atoms with van der Waals surface area (Å²) in [7, 11) is 5.03. The molecule has 0 aromatic heterocycles. The van der Waals surface area contributed by atoms with Crippen molar-refractivity contribution in [2.75, 3.05) is 13.8 Å². The Hall–Kier alpha value is 0.517. The fourth-order valence-corrected chi connectivity index (χ4v) is 0. The molecule has 0 aliphatic heterocycles. The second kappa shape index (κ2) is 5.52. The molecule has 0 radical (unpaired) electrons. The molecule has 0 unspecified atom stereocenters. The second-order valence-electron chi connectivity index (χ2n) is 0.997. The molecule has 0 heterocycles. The molecule has 0 atom stereocenters. The summed E-state index contributed by atoms with van der Waals surface area (Å²) in [6.45, 7) is 0.0278. The zero-order valence-corrected chi connectivity index (χ0v) is 4.31. The van der Waals surface area contributed by atoms with Crippen LogP contribution in [0.5, 0.6) is 0 Å². The van der Waals surface area contributed by atoms with Crippen LogP contribution in [0.25, 0.3) is 0 Å². The summed E-state index contributed by atoms with van der Waals surface area (Å²) in [6, 6.07) is 0. The fraction of sp³-hybridized carbons (Fsp3) is 0.667. The largest absolute Gasteiger partial charge is 1.00 e. The molecular weight excluding hydrogens is 73.0 g/mol. The van der Waals surface area contributed by atoms with Gasteiger partial charge in [0.25, 0.3) is 0 Å². The van der Waals surface area contributed by atoms with Gasteiger partial charge in [0, 0.05) is 0 Å². The Morgan fingerprint density at radius 1 is 1.83 bits per heavy atom. The van der Waals surface area contributed by atoms with Gasteiger partial charge in [-0.25, -0.2) is 0 Å². The van der Waals surface area contributed by atoms with E-state index in [0.29, 0.717) is 0 Å². The molecular formula is C3H8LiNO. The van der Waals surface area contributed by atoms with Gasteiger partial charge in [0.2, 0.25) is 0 Å². The third-order valence-electron chi connectivity index (χ3n) is 0.241. The molecule has 1 N–H and O–H groups in total. The topological polar surface area (TPSA) is 23.5 Å². The van der Waals surface area contributed by atoms with Crippen LogP contribution in [0, 0.1) is 7.05 Å². The Bertz CT molecular complexity index is 24.8. The summed E-state index contributed by atoms with van der Waals surface area (Å²) in [4.78, 5) is 1.43. The molecule has 32 valence electrons. The third kappa shape index (κ3) is 8.82. The first-order chi connectivity index (χ1) is 2.27. The predicted octanol–water partition coefficient (Wildman–Crippen LogP) is -3.34. The Balaban J connectivity index is 0. The number of hydrogen-bond donors (Lipinski definition) is 1. The van der Waals surface area contributed by atoms with Gasteiger partial charge in [-0.15, -0.1) is 0 Å². The predicted molar refractivity (Wildman–Crippen MR) is 20.2 cm³/mol. The van der Waals surface area contributed by atoms with Crippen LogP contribution in [0.15, 0.2) is 0 Å². The molecule has 2 nitrogen and oxygen atoms in total. The average molecular weight is 81.0 g/mol. The smallest absolute Gasteiger partial charge is 0.440 e. The van der Waals surface area contributed by atoms with Crippen LogP contribution in [0.1, 0.15) is 0 Å². The van der Waals surface area contributed by atoms with Crippen molar-refractivity contribution in [2.45, 2.75) is 0 Å². The van der Waals surface area contributed by atoms with Crippen LogP contribution >= 0.6 is 0 Å². The van der Waals surface area contributed by atoms with Crippen molar-refractivity contribution in [3.8, 4) is 0 Å². The summed E-state index contributed by atoms with van der Waals surface area (Å²) < 4.78 is 0. The van der Waals surface area contributed by atoms with E-state index in [-0.39, 0.29) is 25.6 Å². The van der Waals surface area contributed by atoms with E-state index in [1.54, 1.807) is 7.05 Å². The Morgan fingerprint density at radius 3 is 2.00 bits per heavy atom. The number of nitrogens with zero attached hydrogens (tertiary/aromatic N) is 1. The SMILES string of the molecule is [CH2-]N(C)CO.[Li+]. The summed E-state index contributed by atoms with van der Waals surface area (Å²) in [6.07, 6.45) is 0. The third-order valence-corrected chi connectivity index (χ3v) is 0.241. The van der Waals surface area contributed by atoms with Gasteiger partial charge in [-0.3, -0.25) is 7.05 Å². The molecule has 0 aromatic carbocycles. The van der Waals surface area contributed by atoms with Crippen molar-refractivity contribution in [1.82, 2.24) is 4.90 Å². The number of rotatable bonds is 1. The molecule has 0 saturated heterocycles. The van der Waals surface area contributed by atoms with Gasteiger partial charge in [-0.2, -0.15) is 0 Å². The number of hydrogen-bond acceptors (Lipinski definition) is 2. The summed E-state index contributed by atoms with van der Waals surface area (Å²) in [5.74, 6) is 0. The quantitative estimate of drug-likeness (QED) is 0.203. The van der Waals surface area contributed by atoms with E-state index < -0.39 is 0 Å². The van der Waals surface area contributed by atoms with Crippen molar-refractivity contribution in [2.24, 2.45) is 0 Å². The minimum atomic E-state index is 0. The second-order valence-corrected chi connectivity index (χ2v) is 0.997. The Morgan fingerprint density at radius 2 is 2.00 bits per heavy atom. The molecule has 0 bridgehead atoms. The first kappa shape index (κ1) is 9.72. The van der Waals surface area contributed by atoms with E-state index >= 15 is 0 Å². The zero-order valence-electron chi connectivity index (χ0n) is 4.31. The number of aliphatic hydroxyl groups is 1. The van der Waals surface area contributed by atoms with E-state index in [2.05, 4.69) is 7.05 Å². The van der Waals surface area contributed by atoms with E-state index in [1.807, 2.05) is 0 Å². The van der Waals surface area contributed by atoms with Crippen molar-refractivity contribution < 1.29 is 24.0 Å². The maximum atomic E-state index is 8.01. The molecule has 0 spiro atoms. The van der Waals surface area contributed by atoms with Crippen LogP contribution < -0.4 is 18.9 Å². The molecule has 0 fully saturated rings. The van der Waals surface area contributed by atoms with Crippen molar-refractivity contribution in [1.29, 1.82) is 0 Å².